The molecule has 2 heterocycles. The molecule has 1 fully saturated rings. The quantitative estimate of drug-likeness (QED) is 0.598. The van der Waals surface area contributed by atoms with Gasteiger partial charge < -0.3 is 14.5 Å². The molecule has 3 rings (SSSR count). The number of carbonyl (C=O) groups excluding carboxylic acids is 2. The van der Waals surface area contributed by atoms with Crippen molar-refractivity contribution in [1.29, 1.82) is 0 Å². The van der Waals surface area contributed by atoms with Crippen molar-refractivity contribution in [1.82, 2.24) is 9.80 Å². The number of aryl methyl sites for hydroxylation is 1. The van der Waals surface area contributed by atoms with Gasteiger partial charge in [0.1, 0.15) is 5.82 Å². The zero-order valence-corrected chi connectivity index (χ0v) is 18.4. The molecule has 0 N–H and O–H groups in total. The number of hydrogen-bond acceptors (Lipinski definition) is 4. The van der Waals surface area contributed by atoms with Crippen molar-refractivity contribution >= 4 is 23.2 Å². The molecule has 162 valence electrons. The Morgan fingerprint density at radius 2 is 1.87 bits per heavy atom. The van der Waals surface area contributed by atoms with Crippen LogP contribution in [0.25, 0.3) is 0 Å². The lowest BCUT2D eigenvalue weighted by Gasteiger charge is -2.29. The minimum atomic E-state index is -0.304. The monoisotopic (exact) mass is 432 g/mol. The summed E-state index contributed by atoms with van der Waals surface area (Å²) in [5, 5.41) is 0. The van der Waals surface area contributed by atoms with Crippen molar-refractivity contribution in [3.8, 4) is 0 Å². The number of thiophene rings is 1. The van der Waals surface area contributed by atoms with Crippen LogP contribution in [0.3, 0.4) is 0 Å². The van der Waals surface area contributed by atoms with Crippen LogP contribution in [0.5, 0.6) is 0 Å². The first-order valence-corrected chi connectivity index (χ1v) is 11.2. The maximum atomic E-state index is 13.3. The summed E-state index contributed by atoms with van der Waals surface area (Å²) in [4.78, 5) is 31.3. The van der Waals surface area contributed by atoms with E-state index in [2.05, 4.69) is 0 Å². The molecule has 2 amide bonds. The zero-order chi connectivity index (χ0) is 21.5. The Morgan fingerprint density at radius 1 is 1.10 bits per heavy atom. The number of hydrogen-bond donors (Lipinski definition) is 0. The Balaban J connectivity index is 1.74. The Labute approximate surface area is 181 Å². The molecule has 0 aliphatic carbocycles. The highest BCUT2D eigenvalue weighted by Gasteiger charge is 2.26. The average Bonchev–Trinajstić information content (AvgIpc) is 3.39. The van der Waals surface area contributed by atoms with Gasteiger partial charge in [0.25, 0.3) is 0 Å². The molecule has 1 aliphatic heterocycles. The van der Waals surface area contributed by atoms with Crippen LogP contribution in [-0.2, 0) is 27.4 Å². The fraction of sp³-hybridized carbons (Fsp3) is 0.478. The molecule has 7 heteroatoms. The van der Waals surface area contributed by atoms with E-state index in [9.17, 15) is 14.0 Å². The van der Waals surface area contributed by atoms with Crippen LogP contribution in [0.1, 0.15) is 41.5 Å². The van der Waals surface area contributed by atoms with E-state index < -0.39 is 0 Å². The first-order chi connectivity index (χ1) is 14.4. The second-order valence-electron chi connectivity index (χ2n) is 7.65. The maximum Gasteiger partial charge on any atom is 0.242 e. The molecular formula is C23H29FN2O3S. The third-order valence-corrected chi connectivity index (χ3v) is 6.20. The third-order valence-electron chi connectivity index (χ3n) is 5.21. The number of ether oxygens (including phenoxy) is 1. The first-order valence-electron chi connectivity index (χ1n) is 10.4. The standard InChI is InChI=1S/C23H29FN2O3S/c1-3-22(27)26(14-20-5-4-12-29-20)16-23(28)25(15-21-11-6-17(2)30-21)13-18-7-9-19(24)10-8-18/h6-11,20H,3-5,12-16H2,1-2H3/t20-/m1/s1. The van der Waals surface area contributed by atoms with Crippen LogP contribution in [0, 0.1) is 12.7 Å². The highest BCUT2D eigenvalue weighted by atomic mass is 32.1. The minimum Gasteiger partial charge on any atom is -0.376 e. The van der Waals surface area contributed by atoms with Gasteiger partial charge in [-0.15, -0.1) is 11.3 Å². The molecule has 1 saturated heterocycles. The molecule has 1 aromatic carbocycles. The summed E-state index contributed by atoms with van der Waals surface area (Å²) in [7, 11) is 0. The highest BCUT2D eigenvalue weighted by Crippen LogP contribution is 2.20. The van der Waals surface area contributed by atoms with E-state index in [1.54, 1.807) is 40.2 Å². The molecule has 5 nitrogen and oxygen atoms in total. The van der Waals surface area contributed by atoms with Crippen molar-refractivity contribution in [2.24, 2.45) is 0 Å². The predicted molar refractivity (Wildman–Crippen MR) is 116 cm³/mol. The van der Waals surface area contributed by atoms with E-state index in [0.717, 1.165) is 23.3 Å². The molecule has 0 unspecified atom stereocenters. The molecule has 0 radical (unpaired) electrons. The van der Waals surface area contributed by atoms with Gasteiger partial charge >= 0.3 is 0 Å². The van der Waals surface area contributed by atoms with Gasteiger partial charge in [0.2, 0.25) is 11.8 Å². The molecule has 30 heavy (non-hydrogen) atoms. The molecule has 1 aromatic heterocycles. The van der Waals surface area contributed by atoms with E-state index in [0.29, 0.717) is 32.7 Å². The summed E-state index contributed by atoms with van der Waals surface area (Å²) < 4.78 is 19.0. The normalized spacial score (nSPS) is 15.9. The summed E-state index contributed by atoms with van der Waals surface area (Å²) in [5.41, 5.74) is 0.852. The number of halogens is 1. The van der Waals surface area contributed by atoms with E-state index in [4.69, 9.17) is 4.74 Å². The highest BCUT2D eigenvalue weighted by molar-refractivity contribution is 7.11. The molecule has 0 bridgehead atoms. The number of benzene rings is 1. The number of amides is 2. The van der Waals surface area contributed by atoms with Crippen LogP contribution < -0.4 is 0 Å². The number of carbonyl (C=O) groups is 2. The lowest BCUT2D eigenvalue weighted by Crippen LogP contribution is -2.45. The van der Waals surface area contributed by atoms with Crippen molar-refractivity contribution in [3.05, 3.63) is 57.5 Å². The van der Waals surface area contributed by atoms with Crippen LogP contribution in [0.15, 0.2) is 36.4 Å². The second kappa shape index (κ2) is 10.7. The predicted octanol–water partition coefficient (Wildman–Crippen LogP) is 4.14. The Kier molecular flexibility index (Phi) is 7.99. The van der Waals surface area contributed by atoms with Crippen LogP contribution in [0.4, 0.5) is 4.39 Å². The fourth-order valence-electron chi connectivity index (χ4n) is 3.58. The smallest absolute Gasteiger partial charge is 0.242 e. The van der Waals surface area contributed by atoms with Gasteiger partial charge in [-0.25, -0.2) is 4.39 Å². The number of rotatable bonds is 9. The largest absolute Gasteiger partial charge is 0.376 e. The molecular weight excluding hydrogens is 403 g/mol. The molecule has 1 aliphatic rings. The van der Waals surface area contributed by atoms with E-state index >= 15 is 0 Å². The molecule has 2 aromatic rings. The lowest BCUT2D eigenvalue weighted by molar-refractivity contribution is -0.142. The van der Waals surface area contributed by atoms with Crippen LogP contribution >= 0.6 is 11.3 Å². The summed E-state index contributed by atoms with van der Waals surface area (Å²) >= 11 is 1.65. The van der Waals surface area contributed by atoms with Gasteiger partial charge in [-0.2, -0.15) is 0 Å². The molecule has 0 spiro atoms. The Morgan fingerprint density at radius 3 is 2.47 bits per heavy atom. The summed E-state index contributed by atoms with van der Waals surface area (Å²) in [5.74, 6) is -0.473. The minimum absolute atomic E-state index is 0.00112. The van der Waals surface area contributed by atoms with Crippen LogP contribution in [0.2, 0.25) is 0 Å². The second-order valence-corrected chi connectivity index (χ2v) is 9.02. The third kappa shape index (κ3) is 6.37. The van der Waals surface area contributed by atoms with Crippen molar-refractivity contribution in [3.63, 3.8) is 0 Å². The summed E-state index contributed by atoms with van der Waals surface area (Å²) in [6.45, 7) is 5.84. The van der Waals surface area contributed by atoms with Crippen molar-refractivity contribution < 1.29 is 18.7 Å². The summed E-state index contributed by atoms with van der Waals surface area (Å²) in [6.07, 6.45) is 2.25. The van der Waals surface area contributed by atoms with E-state index in [-0.39, 0.29) is 30.3 Å². The van der Waals surface area contributed by atoms with Crippen molar-refractivity contribution in [2.45, 2.75) is 52.3 Å². The fourth-order valence-corrected chi connectivity index (χ4v) is 4.48. The van der Waals surface area contributed by atoms with Crippen LogP contribution in [-0.4, -0.2) is 47.4 Å². The number of nitrogens with zero attached hydrogens (tertiary/aromatic N) is 2. The topological polar surface area (TPSA) is 49.9 Å². The SMILES string of the molecule is CCC(=O)N(CC(=O)N(Cc1ccc(F)cc1)Cc1ccc(C)s1)C[C@H]1CCCO1. The lowest BCUT2D eigenvalue weighted by atomic mass is 10.2. The molecule has 1 atom stereocenters. The summed E-state index contributed by atoms with van der Waals surface area (Å²) in [6, 6.07) is 10.2. The zero-order valence-electron chi connectivity index (χ0n) is 17.6. The van der Waals surface area contributed by atoms with Gasteiger partial charge in [-0.1, -0.05) is 19.1 Å². The average molecular weight is 433 g/mol. The Hall–Kier alpha value is -2.25. The van der Waals surface area contributed by atoms with E-state index in [1.165, 1.54) is 17.0 Å². The molecule has 0 saturated carbocycles. The van der Waals surface area contributed by atoms with Gasteiger partial charge in [0.05, 0.1) is 19.2 Å². The van der Waals surface area contributed by atoms with E-state index in [1.807, 2.05) is 19.1 Å². The first kappa shape index (κ1) is 22.4. The van der Waals surface area contributed by atoms with Crippen molar-refractivity contribution in [2.75, 3.05) is 19.7 Å². The van der Waals surface area contributed by atoms with Gasteiger partial charge in [0, 0.05) is 35.9 Å². The van der Waals surface area contributed by atoms with Gasteiger partial charge in [-0.05, 0) is 49.6 Å². The van der Waals surface area contributed by atoms with Gasteiger partial charge in [-0.3, -0.25) is 9.59 Å². The van der Waals surface area contributed by atoms with Gasteiger partial charge in [0.15, 0.2) is 0 Å². The maximum absolute atomic E-state index is 13.3. The Bertz CT molecular complexity index is 846.